The Morgan fingerprint density at radius 3 is 2.40 bits per heavy atom. The molecule has 1 aliphatic heterocycles. The molecule has 1 aromatic heterocycles. The summed E-state index contributed by atoms with van der Waals surface area (Å²) in [6.45, 7) is 3.78. The number of sulfonamides is 1. The minimum absolute atomic E-state index is 0.120. The van der Waals surface area contributed by atoms with E-state index in [1.807, 2.05) is 26.0 Å². The second kappa shape index (κ2) is 7.18. The molecule has 7 heteroatoms. The number of para-hydroxylation sites is 1. The van der Waals surface area contributed by atoms with Gasteiger partial charge in [0.1, 0.15) is 11.4 Å². The van der Waals surface area contributed by atoms with E-state index in [1.54, 1.807) is 54.7 Å². The van der Waals surface area contributed by atoms with E-state index in [-0.39, 0.29) is 10.5 Å². The number of H-pyrrole nitrogens is 1. The van der Waals surface area contributed by atoms with Crippen LogP contribution in [0.25, 0.3) is 5.57 Å². The molecule has 0 unspecified atom stereocenters. The first-order valence-electron chi connectivity index (χ1n) is 9.47. The molecule has 30 heavy (non-hydrogen) atoms. The maximum atomic E-state index is 13.3. The number of hydrogen-bond donors (Lipinski definition) is 1. The Morgan fingerprint density at radius 1 is 0.967 bits per heavy atom. The van der Waals surface area contributed by atoms with Crippen LogP contribution in [0.3, 0.4) is 0 Å². The highest BCUT2D eigenvalue weighted by Crippen LogP contribution is 2.40. The second-order valence-corrected chi connectivity index (χ2v) is 9.61. The van der Waals surface area contributed by atoms with Crippen LogP contribution >= 0.6 is 0 Å². The van der Waals surface area contributed by atoms with Gasteiger partial charge in [-0.25, -0.2) is 8.42 Å². The molecule has 4 rings (SSSR count). The van der Waals surface area contributed by atoms with Crippen LogP contribution in [0.2, 0.25) is 0 Å². The van der Waals surface area contributed by atoms with Crippen molar-refractivity contribution in [3.8, 4) is 5.75 Å². The number of pyridine rings is 1. The largest absolute Gasteiger partial charge is 0.483 e. The van der Waals surface area contributed by atoms with Crippen molar-refractivity contribution in [1.82, 2.24) is 4.98 Å². The van der Waals surface area contributed by atoms with Gasteiger partial charge in [-0.3, -0.25) is 9.10 Å². The quantitative estimate of drug-likeness (QED) is 0.694. The van der Waals surface area contributed by atoms with Crippen LogP contribution in [0.1, 0.15) is 25.0 Å². The topological polar surface area (TPSA) is 79.5 Å². The van der Waals surface area contributed by atoms with Crippen LogP contribution in [0.4, 0.5) is 5.69 Å². The van der Waals surface area contributed by atoms with Crippen molar-refractivity contribution in [3.05, 3.63) is 94.4 Å². The third-order valence-electron chi connectivity index (χ3n) is 4.99. The summed E-state index contributed by atoms with van der Waals surface area (Å²) in [5.74, 6) is 0.530. The molecule has 0 radical (unpaired) electrons. The van der Waals surface area contributed by atoms with E-state index >= 15 is 0 Å². The van der Waals surface area contributed by atoms with Gasteiger partial charge in [-0.2, -0.15) is 0 Å². The average Bonchev–Trinajstić information content (AvgIpc) is 2.72. The molecule has 3 aromatic rings. The fourth-order valence-electron chi connectivity index (χ4n) is 3.50. The first-order chi connectivity index (χ1) is 14.2. The Hall–Kier alpha value is -3.32. The molecule has 0 saturated heterocycles. The van der Waals surface area contributed by atoms with E-state index in [9.17, 15) is 13.2 Å². The van der Waals surface area contributed by atoms with E-state index in [0.29, 0.717) is 28.1 Å². The molecule has 0 atom stereocenters. The van der Waals surface area contributed by atoms with Gasteiger partial charge >= 0.3 is 0 Å². The molecule has 0 amide bonds. The highest BCUT2D eigenvalue weighted by atomic mass is 32.2. The maximum absolute atomic E-state index is 13.3. The zero-order valence-corrected chi connectivity index (χ0v) is 17.7. The van der Waals surface area contributed by atoms with E-state index in [2.05, 4.69) is 4.98 Å². The van der Waals surface area contributed by atoms with Gasteiger partial charge in [0.2, 0.25) is 0 Å². The summed E-state index contributed by atoms with van der Waals surface area (Å²) < 4.78 is 33.8. The number of nitrogens with one attached hydrogen (secondary N) is 1. The fourth-order valence-corrected chi connectivity index (χ4v) is 4.72. The Morgan fingerprint density at radius 2 is 1.70 bits per heavy atom. The van der Waals surface area contributed by atoms with E-state index < -0.39 is 15.6 Å². The zero-order valence-electron chi connectivity index (χ0n) is 16.9. The predicted molar refractivity (Wildman–Crippen MR) is 117 cm³/mol. The van der Waals surface area contributed by atoms with Gasteiger partial charge in [0.05, 0.1) is 10.6 Å². The first kappa shape index (κ1) is 20.0. The van der Waals surface area contributed by atoms with Crippen molar-refractivity contribution in [1.29, 1.82) is 0 Å². The van der Waals surface area contributed by atoms with Gasteiger partial charge in [-0.15, -0.1) is 0 Å². The van der Waals surface area contributed by atoms with Gasteiger partial charge in [-0.1, -0.05) is 18.2 Å². The molecule has 0 fully saturated rings. The molecule has 6 nitrogen and oxygen atoms in total. The Bertz CT molecular complexity index is 1290. The summed E-state index contributed by atoms with van der Waals surface area (Å²) in [7, 11) is -2.29. The lowest BCUT2D eigenvalue weighted by atomic mass is 9.90. The smallest absolute Gasteiger partial charge is 0.264 e. The molecule has 154 valence electrons. The van der Waals surface area contributed by atoms with Crippen LogP contribution in [-0.2, 0) is 10.0 Å². The maximum Gasteiger partial charge on any atom is 0.264 e. The average molecular weight is 423 g/mol. The summed E-state index contributed by atoms with van der Waals surface area (Å²) in [4.78, 5) is 15.2. The fraction of sp³-hybridized carbons (Fsp3) is 0.174. The van der Waals surface area contributed by atoms with Gasteiger partial charge < -0.3 is 9.72 Å². The Labute approximate surface area is 175 Å². The highest BCUT2D eigenvalue weighted by molar-refractivity contribution is 7.92. The minimum Gasteiger partial charge on any atom is -0.483 e. The standard InChI is InChI=1S/C23H22N2O4S/c1-23(2)15-20(18-10-7-13-24-22(18)26)19-14-17(11-12-21(19)29-23)30(27,28)25(3)16-8-5-4-6-9-16/h4-15H,1-3H3,(H,24,26). The summed E-state index contributed by atoms with van der Waals surface area (Å²) in [6.07, 6.45) is 3.41. The van der Waals surface area contributed by atoms with Gasteiger partial charge in [-0.05, 0) is 68.0 Å². The molecule has 0 spiro atoms. The Balaban J connectivity index is 1.86. The number of rotatable bonds is 4. The van der Waals surface area contributed by atoms with Crippen molar-refractivity contribution in [2.45, 2.75) is 24.3 Å². The molecule has 0 bridgehead atoms. The molecule has 1 N–H and O–H groups in total. The number of ether oxygens (including phenoxy) is 1. The van der Waals surface area contributed by atoms with Gasteiger partial charge in [0, 0.05) is 24.4 Å². The molecule has 0 aliphatic carbocycles. The van der Waals surface area contributed by atoms with Crippen molar-refractivity contribution < 1.29 is 13.2 Å². The molecular formula is C23H22N2O4S. The molecule has 1 aliphatic rings. The van der Waals surface area contributed by atoms with E-state index in [1.165, 1.54) is 17.4 Å². The van der Waals surface area contributed by atoms with Crippen molar-refractivity contribution in [2.75, 3.05) is 11.4 Å². The third kappa shape index (κ3) is 3.52. The lowest BCUT2D eigenvalue weighted by Crippen LogP contribution is -2.31. The first-order valence-corrected chi connectivity index (χ1v) is 10.9. The number of hydrogen-bond acceptors (Lipinski definition) is 4. The zero-order chi connectivity index (χ0) is 21.5. The summed E-state index contributed by atoms with van der Waals surface area (Å²) in [5.41, 5.74) is 1.33. The minimum atomic E-state index is -3.81. The Kier molecular flexibility index (Phi) is 4.78. The van der Waals surface area contributed by atoms with Crippen molar-refractivity contribution in [2.24, 2.45) is 0 Å². The van der Waals surface area contributed by atoms with Crippen molar-refractivity contribution >= 4 is 21.3 Å². The van der Waals surface area contributed by atoms with Crippen LogP contribution in [0.15, 0.2) is 82.6 Å². The molecular weight excluding hydrogens is 400 g/mol. The number of nitrogens with zero attached hydrogens (tertiary/aromatic N) is 1. The van der Waals surface area contributed by atoms with Crippen molar-refractivity contribution in [3.63, 3.8) is 0 Å². The molecule has 0 saturated carbocycles. The molecule has 2 aromatic carbocycles. The normalized spacial score (nSPS) is 15.0. The van der Waals surface area contributed by atoms with Gasteiger partial charge in [0.15, 0.2) is 0 Å². The second-order valence-electron chi connectivity index (χ2n) is 7.64. The SMILES string of the molecule is CN(c1ccccc1)S(=O)(=O)c1ccc2c(c1)C(c1ccc[nH]c1=O)=CC(C)(C)O2. The number of aromatic amines is 1. The van der Waals surface area contributed by atoms with Crippen LogP contribution in [-0.4, -0.2) is 26.1 Å². The summed E-state index contributed by atoms with van der Waals surface area (Å²) in [5, 5.41) is 0. The third-order valence-corrected chi connectivity index (χ3v) is 6.77. The van der Waals surface area contributed by atoms with Crippen LogP contribution in [0, 0.1) is 0 Å². The lowest BCUT2D eigenvalue weighted by molar-refractivity contribution is 0.158. The highest BCUT2D eigenvalue weighted by Gasteiger charge is 2.30. The summed E-state index contributed by atoms with van der Waals surface area (Å²) >= 11 is 0. The summed E-state index contributed by atoms with van der Waals surface area (Å²) in [6, 6.07) is 17.1. The van der Waals surface area contributed by atoms with Crippen LogP contribution < -0.4 is 14.6 Å². The number of aromatic nitrogens is 1. The monoisotopic (exact) mass is 422 g/mol. The predicted octanol–water partition coefficient (Wildman–Crippen LogP) is 3.80. The number of anilines is 1. The lowest BCUT2D eigenvalue weighted by Gasteiger charge is -2.31. The van der Waals surface area contributed by atoms with E-state index in [4.69, 9.17) is 4.74 Å². The van der Waals surface area contributed by atoms with Crippen LogP contribution in [0.5, 0.6) is 5.75 Å². The number of fused-ring (bicyclic) bond motifs is 1. The molecule has 2 heterocycles. The number of benzene rings is 2. The van der Waals surface area contributed by atoms with E-state index in [0.717, 1.165) is 0 Å². The van der Waals surface area contributed by atoms with Gasteiger partial charge in [0.25, 0.3) is 15.6 Å².